The Morgan fingerprint density at radius 1 is 1.25 bits per heavy atom. The van der Waals surface area contributed by atoms with Crippen LogP contribution in [0.2, 0.25) is 0 Å². The number of para-hydroxylation sites is 1. The first-order valence-corrected chi connectivity index (χ1v) is 8.70. The largest absolute Gasteiger partial charge is 0.425 e. The smallest absolute Gasteiger partial charge is 0.220 e. The van der Waals surface area contributed by atoms with Gasteiger partial charge in [-0.3, -0.25) is 9.88 Å². The molecule has 3 heterocycles. The zero-order valence-electron chi connectivity index (χ0n) is 14.0. The lowest BCUT2D eigenvalue weighted by Crippen LogP contribution is -2.19. The molecule has 0 aliphatic carbocycles. The van der Waals surface area contributed by atoms with E-state index in [2.05, 4.69) is 51.3 Å². The van der Waals surface area contributed by atoms with E-state index in [1.165, 1.54) is 10.9 Å². The summed E-state index contributed by atoms with van der Waals surface area (Å²) in [5, 5.41) is 9.59. The lowest BCUT2D eigenvalue weighted by Gasteiger charge is -2.15. The van der Waals surface area contributed by atoms with Gasteiger partial charge in [0.15, 0.2) is 0 Å². The number of rotatable bonds is 5. The molecule has 1 aliphatic heterocycles. The summed E-state index contributed by atoms with van der Waals surface area (Å²) in [4.78, 5) is 7.00. The summed E-state index contributed by atoms with van der Waals surface area (Å²) in [6.07, 6.45) is 4.97. The second-order valence-electron chi connectivity index (χ2n) is 6.54. The monoisotopic (exact) mass is 322 g/mol. The van der Waals surface area contributed by atoms with Crippen molar-refractivity contribution in [1.82, 2.24) is 20.1 Å². The van der Waals surface area contributed by atoms with Crippen LogP contribution in [0, 0.1) is 0 Å². The molecule has 1 aromatic carbocycles. The molecular formula is C19H22N4O. The Kier molecular flexibility index (Phi) is 4.26. The first kappa shape index (κ1) is 15.3. The molecule has 1 aliphatic rings. The lowest BCUT2D eigenvalue weighted by atomic mass is 10.1. The van der Waals surface area contributed by atoms with E-state index in [4.69, 9.17) is 4.42 Å². The molecule has 1 atom stereocenters. The van der Waals surface area contributed by atoms with Crippen molar-refractivity contribution in [3.8, 4) is 0 Å². The number of benzene rings is 1. The van der Waals surface area contributed by atoms with Gasteiger partial charge < -0.3 is 4.42 Å². The third-order valence-electron chi connectivity index (χ3n) is 4.62. The van der Waals surface area contributed by atoms with E-state index in [-0.39, 0.29) is 0 Å². The van der Waals surface area contributed by atoms with Crippen LogP contribution < -0.4 is 0 Å². The van der Waals surface area contributed by atoms with Crippen LogP contribution in [0.4, 0.5) is 0 Å². The molecule has 0 spiro atoms. The fourth-order valence-corrected chi connectivity index (χ4v) is 3.39. The van der Waals surface area contributed by atoms with Crippen molar-refractivity contribution in [1.29, 1.82) is 0 Å². The number of pyridine rings is 1. The lowest BCUT2D eigenvalue weighted by molar-refractivity contribution is 0.318. The summed E-state index contributed by atoms with van der Waals surface area (Å²) in [5.74, 6) is 1.93. The Morgan fingerprint density at radius 3 is 3.08 bits per heavy atom. The van der Waals surface area contributed by atoms with Gasteiger partial charge in [0, 0.05) is 31.1 Å². The fourth-order valence-electron chi connectivity index (χ4n) is 3.39. The van der Waals surface area contributed by atoms with Gasteiger partial charge in [0.25, 0.3) is 0 Å². The summed E-state index contributed by atoms with van der Waals surface area (Å²) in [6, 6.07) is 10.5. The SMILES string of the molecule is CCCc1nnc(C2CCN(Cc3cnc4ccccc4c3)C2)o1. The summed E-state index contributed by atoms with van der Waals surface area (Å²) in [7, 11) is 0. The molecule has 0 radical (unpaired) electrons. The highest BCUT2D eigenvalue weighted by Gasteiger charge is 2.28. The number of hydrogen-bond donors (Lipinski definition) is 0. The predicted molar refractivity (Wildman–Crippen MR) is 92.7 cm³/mol. The molecule has 124 valence electrons. The van der Waals surface area contributed by atoms with Crippen molar-refractivity contribution in [3.63, 3.8) is 0 Å². The van der Waals surface area contributed by atoms with Crippen molar-refractivity contribution >= 4 is 10.9 Å². The van der Waals surface area contributed by atoms with Gasteiger partial charge in [-0.2, -0.15) is 0 Å². The van der Waals surface area contributed by atoms with Gasteiger partial charge >= 0.3 is 0 Å². The van der Waals surface area contributed by atoms with Gasteiger partial charge in [0.2, 0.25) is 11.8 Å². The maximum atomic E-state index is 5.80. The number of nitrogens with zero attached hydrogens (tertiary/aromatic N) is 4. The summed E-state index contributed by atoms with van der Waals surface area (Å²) in [6.45, 7) is 5.08. The number of likely N-dealkylation sites (tertiary alicyclic amines) is 1. The average molecular weight is 322 g/mol. The third kappa shape index (κ3) is 3.17. The van der Waals surface area contributed by atoms with Crippen LogP contribution in [0.3, 0.4) is 0 Å². The predicted octanol–water partition coefficient (Wildman–Crippen LogP) is 3.56. The second kappa shape index (κ2) is 6.69. The summed E-state index contributed by atoms with van der Waals surface area (Å²) in [5.41, 5.74) is 2.31. The molecular weight excluding hydrogens is 300 g/mol. The van der Waals surface area contributed by atoms with Crippen LogP contribution in [0.1, 0.15) is 43.0 Å². The van der Waals surface area contributed by atoms with Crippen molar-refractivity contribution in [3.05, 3.63) is 53.9 Å². The molecule has 1 unspecified atom stereocenters. The van der Waals surface area contributed by atoms with E-state index in [9.17, 15) is 0 Å². The molecule has 3 aromatic rings. The minimum Gasteiger partial charge on any atom is -0.425 e. The van der Waals surface area contributed by atoms with E-state index in [1.807, 2.05) is 12.3 Å². The van der Waals surface area contributed by atoms with Gasteiger partial charge in [0.05, 0.1) is 11.4 Å². The van der Waals surface area contributed by atoms with Gasteiger partial charge in [-0.05, 0) is 37.1 Å². The molecule has 5 nitrogen and oxygen atoms in total. The van der Waals surface area contributed by atoms with Crippen LogP contribution in [-0.2, 0) is 13.0 Å². The minimum absolute atomic E-state index is 0.358. The normalized spacial score (nSPS) is 18.5. The van der Waals surface area contributed by atoms with Crippen LogP contribution >= 0.6 is 0 Å². The Bertz CT molecular complexity index is 829. The molecule has 4 rings (SSSR count). The van der Waals surface area contributed by atoms with Gasteiger partial charge in [0.1, 0.15) is 0 Å². The molecule has 1 saturated heterocycles. The molecule has 1 fully saturated rings. The molecule has 0 amide bonds. The number of hydrogen-bond acceptors (Lipinski definition) is 5. The van der Waals surface area contributed by atoms with Crippen molar-refractivity contribution in [2.75, 3.05) is 13.1 Å². The quantitative estimate of drug-likeness (QED) is 0.719. The molecule has 0 bridgehead atoms. The Hall–Kier alpha value is -2.27. The van der Waals surface area contributed by atoms with Gasteiger partial charge in [-0.25, -0.2) is 0 Å². The van der Waals surface area contributed by atoms with E-state index in [0.717, 1.165) is 56.2 Å². The van der Waals surface area contributed by atoms with E-state index in [1.54, 1.807) is 0 Å². The topological polar surface area (TPSA) is 55.1 Å². The maximum Gasteiger partial charge on any atom is 0.220 e. The molecule has 24 heavy (non-hydrogen) atoms. The van der Waals surface area contributed by atoms with Crippen LogP contribution in [0.25, 0.3) is 10.9 Å². The van der Waals surface area contributed by atoms with Crippen LogP contribution in [0.5, 0.6) is 0 Å². The van der Waals surface area contributed by atoms with Crippen LogP contribution in [-0.4, -0.2) is 33.2 Å². The fraction of sp³-hybridized carbons (Fsp3) is 0.421. The van der Waals surface area contributed by atoms with Crippen molar-refractivity contribution in [2.45, 2.75) is 38.6 Å². The number of aryl methyl sites for hydroxylation is 1. The Morgan fingerprint density at radius 2 is 2.17 bits per heavy atom. The Balaban J connectivity index is 1.42. The molecule has 5 heteroatoms. The van der Waals surface area contributed by atoms with Gasteiger partial charge in [-0.1, -0.05) is 25.1 Å². The second-order valence-corrected chi connectivity index (χ2v) is 6.54. The standard InChI is InChI=1S/C19H22N4O/c1-2-5-18-21-22-19(24-18)16-8-9-23(13-16)12-14-10-15-6-3-4-7-17(15)20-11-14/h3-4,6-7,10-11,16H,2,5,8-9,12-13H2,1H3. The molecule has 0 saturated carbocycles. The van der Waals surface area contributed by atoms with E-state index < -0.39 is 0 Å². The Labute approximate surface area is 141 Å². The molecule has 2 aromatic heterocycles. The summed E-state index contributed by atoms with van der Waals surface area (Å²) < 4.78 is 5.80. The number of fused-ring (bicyclic) bond motifs is 1. The van der Waals surface area contributed by atoms with E-state index >= 15 is 0 Å². The first-order chi connectivity index (χ1) is 11.8. The number of aromatic nitrogens is 3. The van der Waals surface area contributed by atoms with Crippen LogP contribution in [0.15, 0.2) is 40.9 Å². The maximum absolute atomic E-state index is 5.80. The first-order valence-electron chi connectivity index (χ1n) is 8.70. The zero-order valence-corrected chi connectivity index (χ0v) is 14.0. The third-order valence-corrected chi connectivity index (χ3v) is 4.62. The minimum atomic E-state index is 0.358. The zero-order chi connectivity index (χ0) is 16.4. The van der Waals surface area contributed by atoms with Gasteiger partial charge in [-0.15, -0.1) is 10.2 Å². The highest BCUT2D eigenvalue weighted by molar-refractivity contribution is 5.78. The van der Waals surface area contributed by atoms with Crippen molar-refractivity contribution < 1.29 is 4.42 Å². The average Bonchev–Trinajstić information content (AvgIpc) is 3.24. The van der Waals surface area contributed by atoms with Crippen molar-refractivity contribution in [2.24, 2.45) is 0 Å². The highest BCUT2D eigenvalue weighted by atomic mass is 16.4. The summed E-state index contributed by atoms with van der Waals surface area (Å²) >= 11 is 0. The van der Waals surface area contributed by atoms with E-state index in [0.29, 0.717) is 5.92 Å². The highest BCUT2D eigenvalue weighted by Crippen LogP contribution is 2.27. The molecule has 0 N–H and O–H groups in total.